The van der Waals surface area contributed by atoms with E-state index >= 15 is 0 Å². The van der Waals surface area contributed by atoms with Crippen molar-refractivity contribution in [2.24, 2.45) is 5.73 Å². The molecule has 3 aromatic heterocycles. The van der Waals surface area contributed by atoms with Crippen LogP contribution in [0.15, 0.2) is 18.3 Å². The van der Waals surface area contributed by atoms with Gasteiger partial charge in [0.05, 0.1) is 10.2 Å². The van der Waals surface area contributed by atoms with Crippen LogP contribution in [0, 0.1) is 12.9 Å². The molecule has 8 heteroatoms. The SMILES string of the molecule is Cc1c(CC(C)N)sc2c(NCc3cccnc3F)nc(Cl)nc12. The number of nitrogens with zero attached hydrogens (tertiary/aromatic N) is 3. The van der Waals surface area contributed by atoms with Crippen molar-refractivity contribution in [2.45, 2.75) is 32.9 Å². The summed E-state index contributed by atoms with van der Waals surface area (Å²) in [4.78, 5) is 13.4. The fourth-order valence-electron chi connectivity index (χ4n) is 2.44. The Balaban J connectivity index is 1.96. The largest absolute Gasteiger partial charge is 0.364 e. The molecule has 3 heterocycles. The Kier molecular flexibility index (Phi) is 4.93. The smallest absolute Gasteiger partial charge is 0.224 e. The van der Waals surface area contributed by atoms with E-state index in [1.54, 1.807) is 23.5 Å². The molecule has 24 heavy (non-hydrogen) atoms. The number of nitrogens with one attached hydrogen (secondary N) is 1. The molecule has 0 saturated carbocycles. The molecule has 5 nitrogen and oxygen atoms in total. The molecule has 0 bridgehead atoms. The molecule has 0 aliphatic heterocycles. The van der Waals surface area contributed by atoms with E-state index in [9.17, 15) is 4.39 Å². The number of hydrogen-bond donors (Lipinski definition) is 2. The highest BCUT2D eigenvalue weighted by Crippen LogP contribution is 2.35. The van der Waals surface area contributed by atoms with Crippen molar-refractivity contribution in [2.75, 3.05) is 5.32 Å². The van der Waals surface area contributed by atoms with Crippen molar-refractivity contribution in [1.82, 2.24) is 15.0 Å². The summed E-state index contributed by atoms with van der Waals surface area (Å²) < 4.78 is 14.6. The Morgan fingerprint density at radius 2 is 2.21 bits per heavy atom. The molecule has 0 aliphatic rings. The summed E-state index contributed by atoms with van der Waals surface area (Å²) in [5.74, 6) is 0.0960. The molecule has 3 N–H and O–H groups in total. The number of aromatic nitrogens is 3. The quantitative estimate of drug-likeness (QED) is 0.532. The summed E-state index contributed by atoms with van der Waals surface area (Å²) in [6.07, 6.45) is 2.18. The predicted molar refractivity (Wildman–Crippen MR) is 96.0 cm³/mol. The second kappa shape index (κ2) is 6.96. The monoisotopic (exact) mass is 365 g/mol. The van der Waals surface area contributed by atoms with Crippen LogP contribution < -0.4 is 11.1 Å². The van der Waals surface area contributed by atoms with Gasteiger partial charge in [0.1, 0.15) is 5.82 Å². The van der Waals surface area contributed by atoms with E-state index in [0.29, 0.717) is 11.4 Å². The molecule has 1 unspecified atom stereocenters. The maximum Gasteiger partial charge on any atom is 0.224 e. The number of fused-ring (bicyclic) bond motifs is 1. The van der Waals surface area contributed by atoms with Gasteiger partial charge in [0, 0.05) is 29.2 Å². The molecule has 0 fully saturated rings. The summed E-state index contributed by atoms with van der Waals surface area (Å²) in [5, 5.41) is 3.30. The standard InChI is InChI=1S/C16H17ClFN5S/c1-8(19)6-11-9(2)12-13(24-11)15(23-16(17)22-12)21-7-10-4-3-5-20-14(10)18/h3-5,8H,6-7,19H2,1-2H3,(H,21,22,23). The molecule has 0 aliphatic carbocycles. The van der Waals surface area contributed by atoms with Crippen LogP contribution in [0.4, 0.5) is 10.2 Å². The van der Waals surface area contributed by atoms with Gasteiger partial charge >= 0.3 is 0 Å². The molecule has 0 saturated heterocycles. The molecule has 0 radical (unpaired) electrons. The van der Waals surface area contributed by atoms with Crippen molar-refractivity contribution in [3.05, 3.63) is 45.6 Å². The van der Waals surface area contributed by atoms with E-state index in [1.165, 1.54) is 6.20 Å². The van der Waals surface area contributed by atoms with Crippen LogP contribution in [0.3, 0.4) is 0 Å². The lowest BCUT2D eigenvalue weighted by atomic mass is 10.1. The van der Waals surface area contributed by atoms with Gasteiger partial charge in [0.2, 0.25) is 11.2 Å². The lowest BCUT2D eigenvalue weighted by molar-refractivity contribution is 0.569. The number of nitrogens with two attached hydrogens (primary N) is 1. The first-order valence-corrected chi connectivity index (χ1v) is 8.69. The van der Waals surface area contributed by atoms with Crippen molar-refractivity contribution >= 4 is 39.0 Å². The van der Waals surface area contributed by atoms with E-state index in [1.807, 2.05) is 13.8 Å². The summed E-state index contributed by atoms with van der Waals surface area (Å²) in [5.41, 5.74) is 8.25. The second-order valence-electron chi connectivity index (χ2n) is 5.66. The minimum Gasteiger partial charge on any atom is -0.364 e. The fraction of sp³-hybridized carbons (Fsp3) is 0.312. The van der Waals surface area contributed by atoms with Gasteiger partial charge in [-0.2, -0.15) is 9.37 Å². The Morgan fingerprint density at radius 3 is 2.92 bits per heavy atom. The van der Waals surface area contributed by atoms with Gasteiger partial charge in [-0.25, -0.2) is 9.97 Å². The van der Waals surface area contributed by atoms with Crippen LogP contribution in [0.1, 0.15) is 22.9 Å². The molecular formula is C16H17ClFN5S. The molecule has 3 rings (SSSR count). The fourth-order valence-corrected chi connectivity index (χ4v) is 3.96. The number of thiophene rings is 1. The Labute approximate surface area is 148 Å². The predicted octanol–water partition coefficient (Wildman–Crippen LogP) is 3.69. The molecule has 0 amide bonds. The highest BCUT2D eigenvalue weighted by molar-refractivity contribution is 7.19. The first kappa shape index (κ1) is 17.0. The number of anilines is 1. The zero-order valence-corrected chi connectivity index (χ0v) is 14.9. The number of pyridine rings is 1. The van der Waals surface area contributed by atoms with Gasteiger partial charge in [-0.3, -0.25) is 0 Å². The third-order valence-electron chi connectivity index (χ3n) is 3.63. The molecule has 3 aromatic rings. The van der Waals surface area contributed by atoms with Gasteiger partial charge in [-0.1, -0.05) is 6.07 Å². The van der Waals surface area contributed by atoms with Crippen LogP contribution in [0.25, 0.3) is 10.2 Å². The van der Waals surface area contributed by atoms with Crippen LogP contribution in [-0.2, 0) is 13.0 Å². The van der Waals surface area contributed by atoms with E-state index in [-0.39, 0.29) is 17.9 Å². The molecule has 0 spiro atoms. The molecular weight excluding hydrogens is 349 g/mol. The van der Waals surface area contributed by atoms with Gasteiger partial charge in [-0.05, 0) is 43.5 Å². The van der Waals surface area contributed by atoms with Crippen LogP contribution in [0.2, 0.25) is 5.28 Å². The van der Waals surface area contributed by atoms with Crippen molar-refractivity contribution in [3.8, 4) is 0 Å². The summed E-state index contributed by atoms with van der Waals surface area (Å²) in [6.45, 7) is 4.24. The summed E-state index contributed by atoms with van der Waals surface area (Å²) >= 11 is 7.65. The molecule has 1 atom stereocenters. The number of aryl methyl sites for hydroxylation is 1. The molecule has 126 valence electrons. The highest BCUT2D eigenvalue weighted by atomic mass is 35.5. The maximum atomic E-state index is 13.7. The zero-order chi connectivity index (χ0) is 17.3. The Bertz CT molecular complexity index is 880. The van der Waals surface area contributed by atoms with Gasteiger partial charge in [0.15, 0.2) is 0 Å². The summed E-state index contributed by atoms with van der Waals surface area (Å²) in [7, 11) is 0. The Hall–Kier alpha value is -1.83. The highest BCUT2D eigenvalue weighted by Gasteiger charge is 2.16. The van der Waals surface area contributed by atoms with E-state index in [2.05, 4.69) is 20.3 Å². The third kappa shape index (κ3) is 3.48. The van der Waals surface area contributed by atoms with Crippen LogP contribution in [-0.4, -0.2) is 21.0 Å². The third-order valence-corrected chi connectivity index (χ3v) is 5.11. The van der Waals surface area contributed by atoms with Gasteiger partial charge in [0.25, 0.3) is 0 Å². The van der Waals surface area contributed by atoms with E-state index < -0.39 is 5.95 Å². The zero-order valence-electron chi connectivity index (χ0n) is 13.3. The normalized spacial score (nSPS) is 12.5. The average Bonchev–Trinajstić information content (AvgIpc) is 2.82. The minimum atomic E-state index is -0.499. The van der Waals surface area contributed by atoms with Crippen LogP contribution >= 0.6 is 22.9 Å². The van der Waals surface area contributed by atoms with E-state index in [4.69, 9.17) is 17.3 Å². The first-order chi connectivity index (χ1) is 11.5. The average molecular weight is 366 g/mol. The lowest BCUT2D eigenvalue weighted by Gasteiger charge is -2.07. The van der Waals surface area contributed by atoms with Crippen molar-refractivity contribution in [1.29, 1.82) is 0 Å². The number of rotatable bonds is 5. The van der Waals surface area contributed by atoms with E-state index in [0.717, 1.165) is 27.1 Å². The van der Waals surface area contributed by atoms with Crippen LogP contribution in [0.5, 0.6) is 0 Å². The maximum absolute atomic E-state index is 13.7. The second-order valence-corrected chi connectivity index (χ2v) is 7.10. The number of hydrogen-bond acceptors (Lipinski definition) is 6. The topological polar surface area (TPSA) is 76.7 Å². The Morgan fingerprint density at radius 1 is 1.42 bits per heavy atom. The summed E-state index contributed by atoms with van der Waals surface area (Å²) in [6, 6.07) is 3.43. The van der Waals surface area contributed by atoms with Gasteiger partial charge in [-0.15, -0.1) is 11.3 Å². The number of halogens is 2. The van der Waals surface area contributed by atoms with Gasteiger partial charge < -0.3 is 11.1 Å². The lowest BCUT2D eigenvalue weighted by Crippen LogP contribution is -2.17. The van der Waals surface area contributed by atoms with Crippen molar-refractivity contribution < 1.29 is 4.39 Å². The van der Waals surface area contributed by atoms with Crippen molar-refractivity contribution in [3.63, 3.8) is 0 Å². The molecule has 0 aromatic carbocycles. The minimum absolute atomic E-state index is 0.0566. The first-order valence-electron chi connectivity index (χ1n) is 7.50.